The monoisotopic (exact) mass is 710 g/mol. The maximum atomic E-state index is 6.45. The molecular formula is C38H40Br2N4. The summed E-state index contributed by atoms with van der Waals surface area (Å²) in [5.41, 5.74) is 15.3. The van der Waals surface area contributed by atoms with Crippen molar-refractivity contribution in [3.63, 3.8) is 0 Å². The van der Waals surface area contributed by atoms with Crippen LogP contribution in [0, 0.1) is 0 Å². The van der Waals surface area contributed by atoms with Crippen LogP contribution in [0.4, 0.5) is 39.8 Å². The minimum atomic E-state index is 0.0541. The molecular weight excluding hydrogens is 672 g/mol. The van der Waals surface area contributed by atoms with Crippen molar-refractivity contribution in [2.24, 2.45) is 5.73 Å². The molecule has 5 rings (SSSR count). The van der Waals surface area contributed by atoms with Crippen LogP contribution in [-0.2, 0) is 0 Å². The highest BCUT2D eigenvalue weighted by Crippen LogP contribution is 2.40. The van der Waals surface area contributed by atoms with Crippen LogP contribution >= 0.6 is 31.9 Å². The van der Waals surface area contributed by atoms with Gasteiger partial charge in [0.15, 0.2) is 0 Å². The van der Waals surface area contributed by atoms with Crippen LogP contribution < -0.4 is 20.9 Å². The van der Waals surface area contributed by atoms with E-state index in [0.717, 1.165) is 74.6 Å². The lowest BCUT2D eigenvalue weighted by molar-refractivity contribution is 0.638. The van der Waals surface area contributed by atoms with Gasteiger partial charge in [-0.1, -0.05) is 70.7 Å². The molecule has 0 aliphatic heterocycles. The average molecular weight is 713 g/mol. The fourth-order valence-corrected chi connectivity index (χ4v) is 5.84. The zero-order valence-corrected chi connectivity index (χ0v) is 28.6. The first kappa shape index (κ1) is 31.8. The van der Waals surface area contributed by atoms with E-state index in [9.17, 15) is 0 Å². The third-order valence-corrected chi connectivity index (χ3v) is 8.76. The van der Waals surface area contributed by atoms with E-state index in [1.54, 1.807) is 0 Å². The number of hydrogen-bond donors (Lipinski definition) is 2. The lowest BCUT2D eigenvalue weighted by Crippen LogP contribution is -2.13. The van der Waals surface area contributed by atoms with Crippen molar-refractivity contribution in [1.82, 2.24) is 0 Å². The zero-order chi connectivity index (χ0) is 30.9. The number of nitrogens with zero attached hydrogens (tertiary/aromatic N) is 2. The Hall–Kier alpha value is -3.58. The van der Waals surface area contributed by atoms with E-state index in [4.69, 9.17) is 5.73 Å². The van der Waals surface area contributed by atoms with E-state index in [1.807, 2.05) is 0 Å². The van der Waals surface area contributed by atoms with Crippen LogP contribution in [0.1, 0.15) is 51.1 Å². The second-order valence-electron chi connectivity index (χ2n) is 11.0. The summed E-state index contributed by atoms with van der Waals surface area (Å²) < 4.78 is 2.10. The molecule has 6 heteroatoms. The Morgan fingerprint density at radius 2 is 0.909 bits per heavy atom. The van der Waals surface area contributed by atoms with Crippen molar-refractivity contribution in [3.8, 4) is 0 Å². The van der Waals surface area contributed by atoms with Gasteiger partial charge in [0, 0.05) is 61.3 Å². The molecule has 226 valence electrons. The molecule has 5 aromatic carbocycles. The Kier molecular flexibility index (Phi) is 11.2. The summed E-state index contributed by atoms with van der Waals surface area (Å²) in [6.07, 6.45) is 4.37. The first-order valence-corrected chi connectivity index (χ1v) is 17.0. The van der Waals surface area contributed by atoms with Crippen molar-refractivity contribution < 1.29 is 0 Å². The number of unbranched alkanes of at least 4 members (excludes halogenated alkanes) is 1. The third kappa shape index (κ3) is 7.92. The first-order chi connectivity index (χ1) is 21.5. The predicted molar refractivity (Wildman–Crippen MR) is 196 cm³/mol. The highest BCUT2D eigenvalue weighted by atomic mass is 79.9. The highest BCUT2D eigenvalue weighted by Gasteiger charge is 2.17. The van der Waals surface area contributed by atoms with E-state index < -0.39 is 0 Å². The van der Waals surface area contributed by atoms with Gasteiger partial charge in [0.2, 0.25) is 0 Å². The van der Waals surface area contributed by atoms with E-state index in [2.05, 4.69) is 182 Å². The number of rotatable bonds is 13. The second-order valence-corrected chi connectivity index (χ2v) is 12.8. The minimum absolute atomic E-state index is 0.0541. The predicted octanol–water partition coefficient (Wildman–Crippen LogP) is 12.2. The fourth-order valence-electron chi connectivity index (χ4n) is 5.31. The van der Waals surface area contributed by atoms with Crippen molar-refractivity contribution in [3.05, 3.63) is 136 Å². The summed E-state index contributed by atoms with van der Waals surface area (Å²) in [4.78, 5) is 4.58. The number of benzene rings is 5. The van der Waals surface area contributed by atoms with Gasteiger partial charge in [0.05, 0.1) is 0 Å². The molecule has 44 heavy (non-hydrogen) atoms. The Balaban J connectivity index is 1.52. The molecule has 1 unspecified atom stereocenters. The molecule has 0 aliphatic rings. The van der Waals surface area contributed by atoms with Crippen LogP contribution in [0.5, 0.6) is 0 Å². The second kappa shape index (κ2) is 15.4. The lowest BCUT2D eigenvalue weighted by Gasteiger charge is -2.28. The van der Waals surface area contributed by atoms with Crippen molar-refractivity contribution >= 4 is 71.7 Å². The fraction of sp³-hybridized carbons (Fsp3) is 0.211. The Morgan fingerprint density at radius 1 is 0.545 bits per heavy atom. The van der Waals surface area contributed by atoms with Gasteiger partial charge in [-0.05, 0) is 128 Å². The van der Waals surface area contributed by atoms with Gasteiger partial charge < -0.3 is 20.9 Å². The van der Waals surface area contributed by atoms with Gasteiger partial charge in [-0.15, -0.1) is 0 Å². The molecule has 0 fully saturated rings. The van der Waals surface area contributed by atoms with Gasteiger partial charge >= 0.3 is 0 Å². The molecule has 4 nitrogen and oxygen atoms in total. The molecule has 0 spiro atoms. The lowest BCUT2D eigenvalue weighted by atomic mass is 10.0. The highest BCUT2D eigenvalue weighted by molar-refractivity contribution is 9.10. The normalized spacial score (nSPS) is 11.7. The molecule has 0 saturated carbocycles. The van der Waals surface area contributed by atoms with E-state index in [0.29, 0.717) is 0 Å². The standard InChI is InChI=1S/C38H40Br2N4/c1-3-5-27-42-31-13-21-35(22-14-31)43(32-15-7-28(8-16-32)38(41)6-4-2)36-23-25-37(26-24-36)44(33-17-9-29(39)10-18-33)34-19-11-30(40)12-20-34/h7-26,38,42H,3-6,27,41H2,1-2H3. The van der Waals surface area contributed by atoms with Crippen molar-refractivity contribution in [2.45, 2.75) is 45.6 Å². The number of nitrogens with two attached hydrogens (primary N) is 1. The molecule has 0 bridgehead atoms. The SMILES string of the molecule is CCCCNc1ccc(N(c2ccc(C(N)CCC)cc2)c2ccc(N(c3ccc(Br)cc3)c3ccc(Br)cc3)cc2)cc1. The number of nitrogens with one attached hydrogen (secondary N) is 1. The van der Waals surface area contributed by atoms with E-state index >= 15 is 0 Å². The smallest absolute Gasteiger partial charge is 0.0463 e. The molecule has 3 N–H and O–H groups in total. The Morgan fingerprint density at radius 3 is 1.30 bits per heavy atom. The number of halogens is 2. The topological polar surface area (TPSA) is 44.5 Å². The Bertz CT molecular complexity index is 1540. The van der Waals surface area contributed by atoms with Crippen molar-refractivity contribution in [2.75, 3.05) is 21.7 Å². The molecule has 0 radical (unpaired) electrons. The first-order valence-electron chi connectivity index (χ1n) is 15.4. The molecule has 5 aromatic rings. The molecule has 0 saturated heterocycles. The number of hydrogen-bond acceptors (Lipinski definition) is 4. The largest absolute Gasteiger partial charge is 0.385 e. The molecule has 0 aliphatic carbocycles. The van der Waals surface area contributed by atoms with E-state index in [-0.39, 0.29) is 6.04 Å². The van der Waals surface area contributed by atoms with Gasteiger partial charge in [-0.25, -0.2) is 0 Å². The summed E-state index contributed by atoms with van der Waals surface area (Å²) in [5.74, 6) is 0. The van der Waals surface area contributed by atoms with Crippen LogP contribution in [0.2, 0.25) is 0 Å². The van der Waals surface area contributed by atoms with Gasteiger partial charge in [0.1, 0.15) is 0 Å². The zero-order valence-electron chi connectivity index (χ0n) is 25.4. The summed E-state index contributed by atoms with van der Waals surface area (Å²) in [6, 6.07) is 43.1. The van der Waals surface area contributed by atoms with Gasteiger partial charge in [0.25, 0.3) is 0 Å². The maximum absolute atomic E-state index is 6.45. The molecule has 0 heterocycles. The van der Waals surface area contributed by atoms with Crippen LogP contribution in [-0.4, -0.2) is 6.54 Å². The Labute approximate surface area is 279 Å². The summed E-state index contributed by atoms with van der Waals surface area (Å²) >= 11 is 7.17. The molecule has 1 atom stereocenters. The van der Waals surface area contributed by atoms with Crippen LogP contribution in [0.25, 0.3) is 0 Å². The third-order valence-electron chi connectivity index (χ3n) is 7.70. The van der Waals surface area contributed by atoms with Gasteiger partial charge in [-0.3, -0.25) is 0 Å². The average Bonchev–Trinajstić information content (AvgIpc) is 3.05. The van der Waals surface area contributed by atoms with E-state index in [1.165, 1.54) is 12.0 Å². The quantitative estimate of drug-likeness (QED) is 0.119. The summed E-state index contributed by atoms with van der Waals surface area (Å²) in [6.45, 7) is 5.37. The molecule has 0 aromatic heterocycles. The summed E-state index contributed by atoms with van der Waals surface area (Å²) in [5, 5.41) is 3.54. The molecule has 0 amide bonds. The minimum Gasteiger partial charge on any atom is -0.385 e. The summed E-state index contributed by atoms with van der Waals surface area (Å²) in [7, 11) is 0. The number of anilines is 7. The van der Waals surface area contributed by atoms with Gasteiger partial charge in [-0.2, -0.15) is 0 Å². The van der Waals surface area contributed by atoms with Crippen LogP contribution in [0.15, 0.2) is 130 Å². The van der Waals surface area contributed by atoms with Crippen molar-refractivity contribution in [1.29, 1.82) is 0 Å². The van der Waals surface area contributed by atoms with Crippen LogP contribution in [0.3, 0.4) is 0 Å². The maximum Gasteiger partial charge on any atom is 0.0463 e.